The predicted octanol–water partition coefficient (Wildman–Crippen LogP) is 4.69. The third-order valence-electron chi connectivity index (χ3n) is 5.15. The summed E-state index contributed by atoms with van der Waals surface area (Å²) in [6.45, 7) is 5.92. The lowest BCUT2D eigenvalue weighted by Gasteiger charge is -2.23. The van der Waals surface area contributed by atoms with Crippen LogP contribution in [0.2, 0.25) is 0 Å². The van der Waals surface area contributed by atoms with E-state index in [0.29, 0.717) is 27.7 Å². The first-order chi connectivity index (χ1) is 14.9. The van der Waals surface area contributed by atoms with Crippen LogP contribution in [0.4, 0.5) is 9.52 Å². The number of aromatic nitrogens is 2. The number of amides is 2. The number of hydrogen-bond donors (Lipinski definition) is 2. The van der Waals surface area contributed by atoms with Crippen LogP contribution in [0.15, 0.2) is 48.5 Å². The molecule has 0 saturated carbocycles. The molecule has 2 N–H and O–H groups in total. The summed E-state index contributed by atoms with van der Waals surface area (Å²) in [4.78, 5) is 25.6. The minimum Gasteiger partial charge on any atom is -0.340 e. The molecular weight excluding hydrogens is 415 g/mol. The fourth-order valence-electron chi connectivity index (χ4n) is 2.98. The van der Waals surface area contributed by atoms with Crippen LogP contribution in [0.3, 0.4) is 0 Å². The molecule has 2 atom stereocenters. The van der Waals surface area contributed by atoms with Gasteiger partial charge in [-0.25, -0.2) is 4.39 Å². The largest absolute Gasteiger partial charge is 0.340 e. The maximum absolute atomic E-state index is 13.1. The average molecular weight is 441 g/mol. The zero-order chi connectivity index (χ0) is 22.4. The minimum atomic E-state index is -0.721. The molecule has 2 aromatic carbocycles. The number of carbonyl (C=O) groups is 2. The Balaban J connectivity index is 1.71. The SMILES string of the molecule is CCc1ccc(C(=O)NC(C(=O)Nc2nnc(-c3ccc(F)cc3)s2)C(C)CC)cc1. The fourth-order valence-corrected chi connectivity index (χ4v) is 3.74. The summed E-state index contributed by atoms with van der Waals surface area (Å²) in [5.41, 5.74) is 2.36. The van der Waals surface area contributed by atoms with Crippen molar-refractivity contribution in [1.29, 1.82) is 0 Å². The summed E-state index contributed by atoms with van der Waals surface area (Å²) < 4.78 is 13.1. The molecule has 1 aromatic heterocycles. The maximum Gasteiger partial charge on any atom is 0.251 e. The molecule has 2 unspecified atom stereocenters. The Labute approximate surface area is 184 Å². The Bertz CT molecular complexity index is 1030. The topological polar surface area (TPSA) is 84.0 Å². The van der Waals surface area contributed by atoms with Crippen molar-refractivity contribution >= 4 is 28.3 Å². The number of aryl methyl sites for hydroxylation is 1. The van der Waals surface area contributed by atoms with Gasteiger partial charge in [-0.05, 0) is 54.3 Å². The Kier molecular flexibility index (Phi) is 7.46. The lowest BCUT2D eigenvalue weighted by atomic mass is 9.98. The van der Waals surface area contributed by atoms with Crippen LogP contribution in [0.5, 0.6) is 0 Å². The van der Waals surface area contributed by atoms with Gasteiger partial charge in [0.25, 0.3) is 5.91 Å². The minimum absolute atomic E-state index is 0.0802. The molecular formula is C23H25FN4O2S. The van der Waals surface area contributed by atoms with Crippen molar-refractivity contribution in [3.8, 4) is 10.6 Å². The molecule has 0 saturated heterocycles. The summed E-state index contributed by atoms with van der Waals surface area (Å²) in [5.74, 6) is -1.07. The molecule has 0 spiro atoms. The van der Waals surface area contributed by atoms with E-state index in [9.17, 15) is 14.0 Å². The zero-order valence-corrected chi connectivity index (χ0v) is 18.5. The number of carbonyl (C=O) groups excluding carboxylic acids is 2. The Morgan fingerprint density at radius 3 is 2.32 bits per heavy atom. The van der Waals surface area contributed by atoms with Crippen LogP contribution in [-0.4, -0.2) is 28.1 Å². The number of nitrogens with one attached hydrogen (secondary N) is 2. The van der Waals surface area contributed by atoms with Crippen molar-refractivity contribution in [1.82, 2.24) is 15.5 Å². The van der Waals surface area contributed by atoms with E-state index in [2.05, 4.69) is 20.8 Å². The van der Waals surface area contributed by atoms with Gasteiger partial charge in [0.1, 0.15) is 16.9 Å². The van der Waals surface area contributed by atoms with Gasteiger partial charge in [-0.2, -0.15) is 0 Å². The van der Waals surface area contributed by atoms with Gasteiger partial charge in [-0.3, -0.25) is 14.9 Å². The maximum atomic E-state index is 13.1. The molecule has 0 radical (unpaired) electrons. The van der Waals surface area contributed by atoms with Crippen molar-refractivity contribution in [2.75, 3.05) is 5.32 Å². The van der Waals surface area contributed by atoms with E-state index in [-0.39, 0.29) is 23.5 Å². The van der Waals surface area contributed by atoms with Crippen molar-refractivity contribution in [2.24, 2.45) is 5.92 Å². The van der Waals surface area contributed by atoms with E-state index in [1.165, 1.54) is 23.5 Å². The molecule has 6 nitrogen and oxygen atoms in total. The van der Waals surface area contributed by atoms with E-state index in [1.807, 2.05) is 32.9 Å². The summed E-state index contributed by atoms with van der Waals surface area (Å²) >= 11 is 1.19. The second kappa shape index (κ2) is 10.3. The van der Waals surface area contributed by atoms with Crippen LogP contribution >= 0.6 is 11.3 Å². The number of hydrogen-bond acceptors (Lipinski definition) is 5. The Hall–Kier alpha value is -3.13. The van der Waals surface area contributed by atoms with Gasteiger partial charge < -0.3 is 5.32 Å². The van der Waals surface area contributed by atoms with Gasteiger partial charge in [0.15, 0.2) is 0 Å². The summed E-state index contributed by atoms with van der Waals surface area (Å²) in [5, 5.41) is 14.6. The third kappa shape index (κ3) is 5.73. The number of anilines is 1. The molecule has 1 heterocycles. The van der Waals surface area contributed by atoms with Crippen LogP contribution in [0.1, 0.15) is 43.1 Å². The highest BCUT2D eigenvalue weighted by molar-refractivity contribution is 7.18. The van der Waals surface area contributed by atoms with Gasteiger partial charge in [0, 0.05) is 11.1 Å². The first-order valence-corrected chi connectivity index (χ1v) is 11.0. The lowest BCUT2D eigenvalue weighted by Crippen LogP contribution is -2.47. The van der Waals surface area contributed by atoms with E-state index in [4.69, 9.17) is 0 Å². The third-order valence-corrected chi connectivity index (χ3v) is 6.04. The molecule has 31 heavy (non-hydrogen) atoms. The average Bonchev–Trinajstić information content (AvgIpc) is 3.25. The van der Waals surface area contributed by atoms with Gasteiger partial charge in [0.05, 0.1) is 0 Å². The molecule has 0 aliphatic carbocycles. The Morgan fingerprint density at radius 1 is 1.03 bits per heavy atom. The van der Waals surface area contributed by atoms with Gasteiger partial charge in [-0.15, -0.1) is 10.2 Å². The van der Waals surface area contributed by atoms with E-state index < -0.39 is 6.04 Å². The van der Waals surface area contributed by atoms with Gasteiger partial charge in [0.2, 0.25) is 11.0 Å². The zero-order valence-electron chi connectivity index (χ0n) is 17.7. The summed E-state index contributed by atoms with van der Waals surface area (Å²) in [6, 6.07) is 12.5. The quantitative estimate of drug-likeness (QED) is 0.532. The highest BCUT2D eigenvalue weighted by Crippen LogP contribution is 2.26. The molecule has 0 aliphatic rings. The van der Waals surface area contributed by atoms with Crippen molar-refractivity contribution in [2.45, 2.75) is 39.7 Å². The smallest absolute Gasteiger partial charge is 0.251 e. The molecule has 2 amide bonds. The molecule has 3 aromatic rings. The van der Waals surface area contributed by atoms with Gasteiger partial charge >= 0.3 is 0 Å². The predicted molar refractivity (Wildman–Crippen MR) is 120 cm³/mol. The number of nitrogens with zero attached hydrogens (tertiary/aromatic N) is 2. The number of benzene rings is 2. The van der Waals surface area contributed by atoms with Crippen LogP contribution in [-0.2, 0) is 11.2 Å². The molecule has 0 bridgehead atoms. The van der Waals surface area contributed by atoms with E-state index in [1.54, 1.807) is 24.3 Å². The lowest BCUT2D eigenvalue weighted by molar-refractivity contribution is -0.119. The number of halogens is 1. The molecule has 0 fully saturated rings. The highest BCUT2D eigenvalue weighted by Gasteiger charge is 2.27. The highest BCUT2D eigenvalue weighted by atomic mass is 32.1. The number of rotatable bonds is 8. The van der Waals surface area contributed by atoms with E-state index >= 15 is 0 Å². The summed E-state index contributed by atoms with van der Waals surface area (Å²) in [6.07, 6.45) is 1.60. The second-order valence-corrected chi connectivity index (χ2v) is 8.27. The second-order valence-electron chi connectivity index (χ2n) is 7.30. The van der Waals surface area contributed by atoms with Crippen LogP contribution in [0, 0.1) is 11.7 Å². The first-order valence-electron chi connectivity index (χ1n) is 10.2. The first kappa shape index (κ1) is 22.6. The summed E-state index contributed by atoms with van der Waals surface area (Å²) in [7, 11) is 0. The van der Waals surface area contributed by atoms with Crippen LogP contribution in [0.25, 0.3) is 10.6 Å². The van der Waals surface area contributed by atoms with Crippen LogP contribution < -0.4 is 10.6 Å². The van der Waals surface area contributed by atoms with Gasteiger partial charge in [-0.1, -0.05) is 50.7 Å². The molecule has 8 heteroatoms. The molecule has 3 rings (SSSR count). The van der Waals surface area contributed by atoms with Crippen molar-refractivity contribution in [3.63, 3.8) is 0 Å². The Morgan fingerprint density at radius 2 is 1.71 bits per heavy atom. The monoisotopic (exact) mass is 440 g/mol. The normalized spacial score (nSPS) is 12.8. The molecule has 0 aliphatic heterocycles. The van der Waals surface area contributed by atoms with Crippen molar-refractivity contribution < 1.29 is 14.0 Å². The fraction of sp³-hybridized carbons (Fsp3) is 0.304. The van der Waals surface area contributed by atoms with Crippen molar-refractivity contribution in [3.05, 3.63) is 65.5 Å². The standard InChI is InChI=1S/C23H25FN4O2S/c1-4-14(3)19(25-20(29)16-8-6-15(5-2)7-9-16)21(30)26-23-28-27-22(31-23)17-10-12-18(24)13-11-17/h6-14,19H,4-5H2,1-3H3,(H,25,29)(H,26,28,30). The molecule has 162 valence electrons. The van der Waals surface area contributed by atoms with E-state index in [0.717, 1.165) is 12.0 Å².